The number of aliphatic hydroxyl groups excluding tert-OH is 1. The minimum atomic E-state index is -4.28. The highest BCUT2D eigenvalue weighted by Crippen LogP contribution is 2.47. The molecule has 0 radical (unpaired) electrons. The summed E-state index contributed by atoms with van der Waals surface area (Å²) < 4.78 is 44.5. The van der Waals surface area contributed by atoms with E-state index in [0.29, 0.717) is 12.1 Å². The summed E-state index contributed by atoms with van der Waals surface area (Å²) >= 11 is 0. The van der Waals surface area contributed by atoms with Gasteiger partial charge in [-0.2, -0.15) is 15.1 Å². The number of nitrogens with zero attached hydrogens (tertiary/aromatic N) is 4. The van der Waals surface area contributed by atoms with Crippen LogP contribution in [0.2, 0.25) is 0 Å². The SMILES string of the molecule is C[C@H]1NP(=O)(Oc2ccccc2)OC[C@H]2O[C@@H](n3cnc4c(nc(N)nc43)OCCCCCC(C)(C)COC1=O)[C@](C)(O)[C@@H]2O. The zero-order valence-electron chi connectivity index (χ0n) is 25.8. The molecule has 15 nitrogen and oxygen atoms in total. The van der Waals surface area contributed by atoms with Crippen LogP contribution < -0.4 is 20.1 Å². The number of imidazole rings is 1. The van der Waals surface area contributed by atoms with Crippen LogP contribution in [0.25, 0.3) is 11.2 Å². The fourth-order valence-electron chi connectivity index (χ4n) is 5.24. The van der Waals surface area contributed by atoms with E-state index < -0.39 is 50.4 Å². The summed E-state index contributed by atoms with van der Waals surface area (Å²) in [6, 6.07) is 7.21. The van der Waals surface area contributed by atoms with Crippen molar-refractivity contribution in [2.45, 2.75) is 83.5 Å². The first-order valence-electron chi connectivity index (χ1n) is 14.9. The highest BCUT2D eigenvalue weighted by molar-refractivity contribution is 7.52. The molecular weight excluding hydrogens is 607 g/mol. The van der Waals surface area contributed by atoms with E-state index in [9.17, 15) is 19.6 Å². The molecule has 3 aromatic rings. The van der Waals surface area contributed by atoms with Gasteiger partial charge in [0.25, 0.3) is 0 Å². The van der Waals surface area contributed by atoms with Gasteiger partial charge in [-0.1, -0.05) is 44.9 Å². The number of anilines is 1. The number of carbonyl (C=O) groups excluding carboxylic acids is 1. The first kappa shape index (κ1) is 33.0. The van der Waals surface area contributed by atoms with Crippen molar-refractivity contribution < 1.29 is 42.8 Å². The van der Waals surface area contributed by atoms with E-state index in [1.54, 1.807) is 30.3 Å². The molecule has 5 rings (SSSR count). The van der Waals surface area contributed by atoms with Crippen LogP contribution in [-0.4, -0.2) is 79.4 Å². The summed E-state index contributed by atoms with van der Waals surface area (Å²) in [4.78, 5) is 25.8. The Balaban J connectivity index is 1.46. The standard InChI is InChI=1S/C29H41N6O9P/c1-18-25(37)41-16-28(2,3)13-9-6-10-14-40-24-21-23(32-27(30)33-24)35(17-31-21)26-29(4,38)22(36)20(43-26)15-42-45(39,34-18)44-19-11-7-5-8-12-19/h5,7-8,11-12,17-18,20,22,26,36,38H,6,9-10,13-16H2,1-4H3,(H,34,39)(H2,30,32,33)/t18-,20-,22-,26-,29-,45?/m1/s1. The minimum absolute atomic E-state index is 0.0673. The van der Waals surface area contributed by atoms with Crippen molar-refractivity contribution in [3.05, 3.63) is 36.7 Å². The van der Waals surface area contributed by atoms with Crippen molar-refractivity contribution in [2.75, 3.05) is 25.6 Å². The quantitative estimate of drug-likeness (QED) is 0.233. The Morgan fingerprint density at radius 1 is 1.13 bits per heavy atom. The minimum Gasteiger partial charge on any atom is -0.476 e. The molecule has 1 unspecified atom stereocenters. The van der Waals surface area contributed by atoms with E-state index in [0.717, 1.165) is 25.7 Å². The number of benzene rings is 1. The molecule has 1 saturated heterocycles. The van der Waals surface area contributed by atoms with Gasteiger partial charge >= 0.3 is 13.7 Å². The number of rotatable bonds is 2. The lowest BCUT2D eigenvalue weighted by Gasteiger charge is -2.27. The fourth-order valence-corrected chi connectivity index (χ4v) is 6.75. The molecule has 246 valence electrons. The lowest BCUT2D eigenvalue weighted by Crippen LogP contribution is -2.44. The average Bonchev–Trinajstić information content (AvgIpc) is 3.49. The summed E-state index contributed by atoms with van der Waals surface area (Å²) in [5, 5.41) is 25.2. The third-order valence-corrected chi connectivity index (χ3v) is 9.48. The fraction of sp³-hybridized carbons (Fsp3) is 0.586. The second-order valence-corrected chi connectivity index (χ2v) is 14.1. The molecule has 6 atom stereocenters. The number of hydrogen-bond donors (Lipinski definition) is 4. The third-order valence-electron chi connectivity index (χ3n) is 7.84. The molecule has 1 fully saturated rings. The Hall–Kier alpha value is -3.33. The van der Waals surface area contributed by atoms with Gasteiger partial charge in [0.2, 0.25) is 11.8 Å². The predicted octanol–water partition coefficient (Wildman–Crippen LogP) is 3.12. The van der Waals surface area contributed by atoms with Crippen molar-refractivity contribution in [1.82, 2.24) is 24.6 Å². The molecule has 0 amide bonds. The number of cyclic esters (lactones) is 1. The second kappa shape index (κ2) is 13.2. The maximum absolute atomic E-state index is 14.0. The number of hydrogen-bond acceptors (Lipinski definition) is 13. The Morgan fingerprint density at radius 2 is 1.89 bits per heavy atom. The maximum Gasteiger partial charge on any atom is 0.459 e. The van der Waals surface area contributed by atoms with Crippen LogP contribution in [-0.2, 0) is 23.4 Å². The Morgan fingerprint density at radius 3 is 2.64 bits per heavy atom. The maximum atomic E-state index is 14.0. The largest absolute Gasteiger partial charge is 0.476 e. The van der Waals surface area contributed by atoms with Gasteiger partial charge in [-0.3, -0.25) is 13.9 Å². The second-order valence-electron chi connectivity index (χ2n) is 12.4. The monoisotopic (exact) mass is 648 g/mol. The zero-order valence-corrected chi connectivity index (χ0v) is 26.7. The molecule has 4 heterocycles. The number of ether oxygens (including phenoxy) is 3. The summed E-state index contributed by atoms with van der Waals surface area (Å²) in [5.41, 5.74) is 4.35. The number of aliphatic hydroxyl groups is 2. The van der Waals surface area contributed by atoms with Crippen LogP contribution in [0.1, 0.15) is 59.6 Å². The molecule has 0 saturated carbocycles. The molecule has 6 bridgehead atoms. The van der Waals surface area contributed by atoms with Gasteiger partial charge in [0.1, 0.15) is 29.6 Å². The molecular formula is C29H41N6O9P. The smallest absolute Gasteiger partial charge is 0.459 e. The summed E-state index contributed by atoms with van der Waals surface area (Å²) in [6.45, 7) is 6.91. The summed E-state index contributed by atoms with van der Waals surface area (Å²) in [5.74, 6) is -0.302. The van der Waals surface area contributed by atoms with E-state index in [1.165, 1.54) is 24.7 Å². The molecule has 2 aliphatic rings. The van der Waals surface area contributed by atoms with Crippen molar-refractivity contribution in [2.24, 2.45) is 5.41 Å². The highest BCUT2D eigenvalue weighted by Gasteiger charge is 2.54. The van der Waals surface area contributed by atoms with Gasteiger partial charge in [0.15, 0.2) is 17.4 Å². The molecule has 1 aromatic carbocycles. The molecule has 45 heavy (non-hydrogen) atoms. The first-order chi connectivity index (χ1) is 21.3. The van der Waals surface area contributed by atoms with Crippen molar-refractivity contribution in [3.63, 3.8) is 0 Å². The number of para-hydroxylation sites is 1. The van der Waals surface area contributed by atoms with Crippen molar-refractivity contribution in [1.29, 1.82) is 0 Å². The predicted molar refractivity (Wildman–Crippen MR) is 162 cm³/mol. The Bertz CT molecular complexity index is 1540. The average molecular weight is 649 g/mol. The van der Waals surface area contributed by atoms with Crippen LogP contribution in [0.5, 0.6) is 11.6 Å². The molecule has 5 N–H and O–H groups in total. The van der Waals surface area contributed by atoms with Crippen molar-refractivity contribution >= 4 is 30.8 Å². The number of nitrogen functional groups attached to an aromatic ring is 1. The number of aromatic nitrogens is 4. The third kappa shape index (κ3) is 7.56. The zero-order chi connectivity index (χ0) is 32.4. The van der Waals surface area contributed by atoms with E-state index in [-0.39, 0.29) is 35.2 Å². The molecule has 0 spiro atoms. The number of esters is 1. The van der Waals surface area contributed by atoms with Gasteiger partial charge < -0.3 is 34.7 Å². The van der Waals surface area contributed by atoms with Crippen molar-refractivity contribution in [3.8, 4) is 11.6 Å². The lowest BCUT2D eigenvalue weighted by molar-refractivity contribution is -0.148. The molecule has 2 aliphatic heterocycles. The lowest BCUT2D eigenvalue weighted by atomic mass is 9.88. The number of nitrogens with one attached hydrogen (secondary N) is 1. The van der Waals surface area contributed by atoms with E-state index in [1.807, 2.05) is 13.8 Å². The van der Waals surface area contributed by atoms with Gasteiger partial charge in [-0.05, 0) is 44.2 Å². The van der Waals surface area contributed by atoms with E-state index >= 15 is 0 Å². The summed E-state index contributed by atoms with van der Waals surface area (Å²) in [7, 11) is -4.28. The Kier molecular flexibility index (Phi) is 9.68. The van der Waals surface area contributed by atoms with E-state index in [4.69, 9.17) is 29.0 Å². The first-order valence-corrected chi connectivity index (χ1v) is 16.4. The normalized spacial score (nSPS) is 31.8. The number of fused-ring (bicyclic) bond motifs is 3. The van der Waals surface area contributed by atoms with Gasteiger partial charge in [-0.25, -0.2) is 9.55 Å². The van der Waals surface area contributed by atoms with Gasteiger partial charge in [0.05, 0.1) is 26.1 Å². The molecule has 2 aromatic heterocycles. The topological polar surface area (TPSA) is 202 Å². The van der Waals surface area contributed by atoms with Gasteiger partial charge in [0, 0.05) is 0 Å². The highest BCUT2D eigenvalue weighted by atomic mass is 31.2. The van der Waals surface area contributed by atoms with Crippen LogP contribution in [0.3, 0.4) is 0 Å². The van der Waals surface area contributed by atoms with Crippen LogP contribution >= 0.6 is 7.75 Å². The number of nitrogens with two attached hydrogens (primary N) is 1. The molecule has 0 aliphatic carbocycles. The number of carbonyl (C=O) groups is 1. The van der Waals surface area contributed by atoms with Gasteiger partial charge in [-0.15, -0.1) is 0 Å². The summed E-state index contributed by atoms with van der Waals surface area (Å²) in [6.07, 6.45) is 0.724. The Labute approximate surface area is 261 Å². The van der Waals surface area contributed by atoms with Crippen LogP contribution in [0.4, 0.5) is 5.95 Å². The van der Waals surface area contributed by atoms with E-state index in [2.05, 4.69) is 20.0 Å². The van der Waals surface area contributed by atoms with Crippen LogP contribution in [0.15, 0.2) is 36.7 Å². The molecule has 16 heteroatoms. The van der Waals surface area contributed by atoms with Crippen LogP contribution in [0, 0.1) is 5.41 Å².